The summed E-state index contributed by atoms with van der Waals surface area (Å²) in [5.74, 6) is -0.116. The molecule has 0 unspecified atom stereocenters. The molecule has 27 heavy (non-hydrogen) atoms. The number of fused-ring (bicyclic) bond motifs is 2. The standard InChI is InChI=1S/C22H38O5/c1-3-4-6-9-18(24)16-19(25)12-14-22-13-11-17(2)21(27-22)20(26-22)10-7-5-8-15-23/h3,5,7,17-21,23-25H,1,4,6,8-16H2,2H3/b7-5-/t17-,18+,19+,20-,21-,22-/m1/s1. The third-order valence-corrected chi connectivity index (χ3v) is 5.80. The molecule has 0 amide bonds. The minimum Gasteiger partial charge on any atom is -0.396 e. The van der Waals surface area contributed by atoms with Gasteiger partial charge in [-0.1, -0.05) is 25.2 Å². The summed E-state index contributed by atoms with van der Waals surface area (Å²) in [6, 6.07) is 0. The molecule has 2 aliphatic heterocycles. The van der Waals surface area contributed by atoms with Crippen LogP contribution in [-0.4, -0.2) is 52.1 Å². The van der Waals surface area contributed by atoms with Crippen LogP contribution in [-0.2, 0) is 9.47 Å². The molecule has 0 spiro atoms. The van der Waals surface area contributed by atoms with Crippen molar-refractivity contribution in [2.75, 3.05) is 6.61 Å². The van der Waals surface area contributed by atoms with Crippen molar-refractivity contribution in [3.63, 3.8) is 0 Å². The number of ether oxygens (including phenoxy) is 2. The molecule has 0 aromatic rings. The van der Waals surface area contributed by atoms with Gasteiger partial charge in [0, 0.05) is 19.4 Å². The molecule has 2 bridgehead atoms. The first-order valence-corrected chi connectivity index (χ1v) is 10.6. The maximum absolute atomic E-state index is 10.3. The Morgan fingerprint density at radius 1 is 1.15 bits per heavy atom. The number of allylic oxidation sites excluding steroid dienone is 1. The molecular weight excluding hydrogens is 344 g/mol. The molecule has 5 heteroatoms. The monoisotopic (exact) mass is 382 g/mol. The van der Waals surface area contributed by atoms with Crippen LogP contribution in [0.25, 0.3) is 0 Å². The summed E-state index contributed by atoms with van der Waals surface area (Å²) in [5, 5.41) is 29.3. The molecule has 0 radical (unpaired) electrons. The van der Waals surface area contributed by atoms with Gasteiger partial charge in [0.05, 0.1) is 24.4 Å². The quantitative estimate of drug-likeness (QED) is 0.336. The highest BCUT2D eigenvalue weighted by molar-refractivity contribution is 4.97. The van der Waals surface area contributed by atoms with E-state index in [-0.39, 0.29) is 18.8 Å². The summed E-state index contributed by atoms with van der Waals surface area (Å²) in [6.45, 7) is 6.06. The van der Waals surface area contributed by atoms with Gasteiger partial charge < -0.3 is 24.8 Å². The zero-order valence-electron chi connectivity index (χ0n) is 16.8. The Bertz CT molecular complexity index is 466. The SMILES string of the molecule is C=CCCC[C@H](O)C[C@@H](O)CC[C@@]12CC[C@@H](C)[C@@H](O1)[C@@H](C/C=C\CCO)O2. The largest absolute Gasteiger partial charge is 0.396 e. The van der Waals surface area contributed by atoms with Crippen LogP contribution >= 0.6 is 0 Å². The van der Waals surface area contributed by atoms with E-state index in [9.17, 15) is 10.2 Å². The van der Waals surface area contributed by atoms with Gasteiger partial charge in [-0.05, 0) is 57.3 Å². The van der Waals surface area contributed by atoms with Crippen molar-refractivity contribution >= 4 is 0 Å². The van der Waals surface area contributed by atoms with E-state index in [1.54, 1.807) is 0 Å². The highest BCUT2D eigenvalue weighted by atomic mass is 16.8. The predicted octanol–water partition coefficient (Wildman–Crippen LogP) is 3.47. The molecule has 0 aromatic heterocycles. The highest BCUT2D eigenvalue weighted by Crippen LogP contribution is 2.46. The van der Waals surface area contributed by atoms with Gasteiger partial charge in [0.25, 0.3) is 0 Å². The van der Waals surface area contributed by atoms with E-state index in [1.165, 1.54) is 0 Å². The smallest absolute Gasteiger partial charge is 0.169 e. The molecule has 3 N–H and O–H groups in total. The molecule has 6 atom stereocenters. The second kappa shape index (κ2) is 11.3. The van der Waals surface area contributed by atoms with Crippen molar-refractivity contribution in [1.82, 2.24) is 0 Å². The van der Waals surface area contributed by atoms with Gasteiger partial charge in [0.15, 0.2) is 5.79 Å². The average molecular weight is 383 g/mol. The summed E-state index contributed by atoms with van der Waals surface area (Å²) < 4.78 is 12.6. The van der Waals surface area contributed by atoms with Gasteiger partial charge in [-0.3, -0.25) is 0 Å². The molecule has 2 rings (SSSR count). The van der Waals surface area contributed by atoms with E-state index in [2.05, 4.69) is 19.6 Å². The Morgan fingerprint density at radius 2 is 1.93 bits per heavy atom. The maximum atomic E-state index is 10.3. The highest BCUT2D eigenvalue weighted by Gasteiger charge is 2.52. The Morgan fingerprint density at radius 3 is 2.67 bits per heavy atom. The number of rotatable bonds is 13. The molecule has 2 fully saturated rings. The fraction of sp³-hybridized carbons (Fsp3) is 0.818. The van der Waals surface area contributed by atoms with Gasteiger partial charge in [-0.2, -0.15) is 0 Å². The topological polar surface area (TPSA) is 79.2 Å². The van der Waals surface area contributed by atoms with Crippen LogP contribution < -0.4 is 0 Å². The van der Waals surface area contributed by atoms with Gasteiger partial charge in [-0.15, -0.1) is 6.58 Å². The van der Waals surface area contributed by atoms with Crippen LogP contribution in [0.2, 0.25) is 0 Å². The number of hydrogen-bond acceptors (Lipinski definition) is 5. The number of aliphatic hydroxyl groups is 3. The van der Waals surface area contributed by atoms with E-state index in [1.807, 2.05) is 12.2 Å². The van der Waals surface area contributed by atoms with E-state index < -0.39 is 18.0 Å². The molecule has 5 nitrogen and oxygen atoms in total. The maximum Gasteiger partial charge on any atom is 0.169 e. The zero-order valence-corrected chi connectivity index (χ0v) is 16.8. The van der Waals surface area contributed by atoms with Crippen molar-refractivity contribution < 1.29 is 24.8 Å². The lowest BCUT2D eigenvalue weighted by atomic mass is 9.88. The van der Waals surface area contributed by atoms with Crippen molar-refractivity contribution in [1.29, 1.82) is 0 Å². The molecule has 2 aliphatic rings. The van der Waals surface area contributed by atoms with Crippen molar-refractivity contribution in [2.45, 2.75) is 101 Å². The Kier molecular flexibility index (Phi) is 9.46. The number of unbranched alkanes of at least 4 members (excludes halogenated alkanes) is 1. The van der Waals surface area contributed by atoms with Crippen LogP contribution in [0.3, 0.4) is 0 Å². The minimum atomic E-state index is -0.582. The van der Waals surface area contributed by atoms with Crippen LogP contribution in [0, 0.1) is 5.92 Å². The second-order valence-electron chi connectivity index (χ2n) is 8.19. The van der Waals surface area contributed by atoms with Crippen molar-refractivity contribution in [3.05, 3.63) is 24.8 Å². The summed E-state index contributed by atoms with van der Waals surface area (Å²) in [4.78, 5) is 0. The fourth-order valence-corrected chi connectivity index (χ4v) is 4.19. The molecular formula is C22H38O5. The summed E-state index contributed by atoms with van der Waals surface area (Å²) in [6.07, 6.45) is 12.6. The lowest BCUT2D eigenvalue weighted by molar-refractivity contribution is -0.208. The molecule has 2 saturated heterocycles. The first kappa shape index (κ1) is 22.6. The summed E-state index contributed by atoms with van der Waals surface area (Å²) in [5.41, 5.74) is 0. The van der Waals surface area contributed by atoms with Gasteiger partial charge >= 0.3 is 0 Å². The van der Waals surface area contributed by atoms with Crippen molar-refractivity contribution in [3.8, 4) is 0 Å². The molecule has 0 saturated carbocycles. The zero-order chi connectivity index (χ0) is 19.7. The Balaban J connectivity index is 1.80. The predicted molar refractivity (Wildman–Crippen MR) is 106 cm³/mol. The lowest BCUT2D eigenvalue weighted by Gasteiger charge is -2.35. The lowest BCUT2D eigenvalue weighted by Crippen LogP contribution is -2.38. The fourth-order valence-electron chi connectivity index (χ4n) is 4.19. The minimum absolute atomic E-state index is 0.0408. The van der Waals surface area contributed by atoms with Gasteiger partial charge in [-0.25, -0.2) is 0 Å². The van der Waals surface area contributed by atoms with Crippen LogP contribution in [0.15, 0.2) is 24.8 Å². The van der Waals surface area contributed by atoms with E-state index in [4.69, 9.17) is 14.6 Å². The normalized spacial score (nSPS) is 32.7. The third-order valence-electron chi connectivity index (χ3n) is 5.80. The molecule has 0 aromatic carbocycles. The van der Waals surface area contributed by atoms with Crippen LogP contribution in [0.4, 0.5) is 0 Å². The first-order valence-electron chi connectivity index (χ1n) is 10.6. The Labute approximate surface area is 164 Å². The van der Waals surface area contributed by atoms with Gasteiger partial charge in [0.1, 0.15) is 0 Å². The van der Waals surface area contributed by atoms with Crippen LogP contribution in [0.5, 0.6) is 0 Å². The second-order valence-corrected chi connectivity index (χ2v) is 8.19. The first-order chi connectivity index (χ1) is 13.0. The van der Waals surface area contributed by atoms with E-state index >= 15 is 0 Å². The molecule has 0 aliphatic carbocycles. The van der Waals surface area contributed by atoms with Gasteiger partial charge in [0.2, 0.25) is 0 Å². The third kappa shape index (κ3) is 6.99. The summed E-state index contributed by atoms with van der Waals surface area (Å²) >= 11 is 0. The summed E-state index contributed by atoms with van der Waals surface area (Å²) in [7, 11) is 0. The molecule has 156 valence electrons. The van der Waals surface area contributed by atoms with E-state index in [0.29, 0.717) is 38.0 Å². The van der Waals surface area contributed by atoms with Crippen LogP contribution in [0.1, 0.15) is 71.1 Å². The Hall–Kier alpha value is -0.720. The van der Waals surface area contributed by atoms with Crippen molar-refractivity contribution in [2.24, 2.45) is 5.92 Å². The van der Waals surface area contributed by atoms with E-state index in [0.717, 1.165) is 32.1 Å². The average Bonchev–Trinajstić information content (AvgIpc) is 2.95. The molecule has 2 heterocycles. The number of hydrogen-bond donors (Lipinski definition) is 3. The number of aliphatic hydroxyl groups excluding tert-OH is 3.